The molecule has 5 rings (SSSR count). The molecule has 1 atom stereocenters. The first-order valence-electron chi connectivity index (χ1n) is 16.4. The SMILES string of the molecule is COc1ccc(CN(CC2(C)CN(C(=O)OC(C)(C)C)c3c(C#N)cc(-c4ccnc(Nc5cc(C#N)ccc5C)n4)cc32)C(C)=O)c(OC)c1. The largest absolute Gasteiger partial charge is 0.497 e. The van der Waals surface area contributed by atoms with Gasteiger partial charge in [-0.15, -0.1) is 0 Å². The van der Waals surface area contributed by atoms with Gasteiger partial charge in [0.2, 0.25) is 11.9 Å². The smallest absolute Gasteiger partial charge is 0.414 e. The summed E-state index contributed by atoms with van der Waals surface area (Å²) in [7, 11) is 3.14. The molecule has 2 heterocycles. The molecule has 0 spiro atoms. The van der Waals surface area contributed by atoms with Crippen molar-refractivity contribution in [3.63, 3.8) is 0 Å². The van der Waals surface area contributed by atoms with Crippen molar-refractivity contribution < 1.29 is 23.8 Å². The number of rotatable bonds is 9. The van der Waals surface area contributed by atoms with E-state index in [2.05, 4.69) is 22.4 Å². The number of nitriles is 2. The lowest BCUT2D eigenvalue weighted by atomic mass is 9.82. The Morgan fingerprint density at radius 1 is 1.04 bits per heavy atom. The second kappa shape index (κ2) is 14.4. The van der Waals surface area contributed by atoms with E-state index in [9.17, 15) is 20.1 Å². The molecule has 1 aliphatic heterocycles. The molecule has 1 aliphatic rings. The van der Waals surface area contributed by atoms with Crippen LogP contribution < -0.4 is 19.7 Å². The molecule has 1 N–H and O–H groups in total. The Kier molecular flexibility index (Phi) is 10.2. The minimum Gasteiger partial charge on any atom is -0.497 e. The van der Waals surface area contributed by atoms with Crippen LogP contribution in [0.4, 0.5) is 22.1 Å². The molecule has 51 heavy (non-hydrogen) atoms. The van der Waals surface area contributed by atoms with Crippen molar-refractivity contribution in [2.24, 2.45) is 0 Å². The normalized spacial score (nSPS) is 14.9. The first-order chi connectivity index (χ1) is 24.2. The van der Waals surface area contributed by atoms with Crippen molar-refractivity contribution in [3.8, 4) is 34.9 Å². The number of hydrogen-bond donors (Lipinski definition) is 1. The van der Waals surface area contributed by atoms with Crippen LogP contribution in [0.1, 0.15) is 62.4 Å². The van der Waals surface area contributed by atoms with Gasteiger partial charge in [-0.3, -0.25) is 9.69 Å². The number of fused-ring (bicyclic) bond motifs is 1. The van der Waals surface area contributed by atoms with E-state index in [1.165, 1.54) is 11.8 Å². The lowest BCUT2D eigenvalue weighted by molar-refractivity contribution is -0.130. The Morgan fingerprint density at radius 2 is 1.80 bits per heavy atom. The molecular formula is C39H41N7O5. The third-order valence-electron chi connectivity index (χ3n) is 8.68. The molecule has 0 aliphatic carbocycles. The number of nitrogens with zero attached hydrogens (tertiary/aromatic N) is 6. The lowest BCUT2D eigenvalue weighted by Gasteiger charge is -2.33. The minimum absolute atomic E-state index is 0.157. The van der Waals surface area contributed by atoms with Crippen molar-refractivity contribution in [2.75, 3.05) is 37.5 Å². The number of methoxy groups -OCH3 is 2. The predicted molar refractivity (Wildman–Crippen MR) is 193 cm³/mol. The fraction of sp³-hybridized carbons (Fsp3) is 0.333. The van der Waals surface area contributed by atoms with Gasteiger partial charge < -0.3 is 24.4 Å². The average molecular weight is 688 g/mol. The standard InChI is InChI=1S/C39H41N7O5/c1-24-9-10-26(19-40)15-33(24)44-36-42-14-13-32(43-36)28-16-29(20-41)35-31(17-28)39(6,23-46(35)37(48)51-38(3,4)5)22-45(25(2)47)21-27-11-12-30(49-7)18-34(27)50-8/h9-18H,21-23H2,1-8H3,(H,42,43,44). The molecule has 12 nitrogen and oxygen atoms in total. The molecule has 0 saturated heterocycles. The van der Waals surface area contributed by atoms with Crippen molar-refractivity contribution in [1.82, 2.24) is 14.9 Å². The number of aryl methyl sites for hydroxylation is 1. The zero-order valence-corrected chi connectivity index (χ0v) is 30.1. The number of amides is 2. The van der Waals surface area contributed by atoms with Crippen LogP contribution in [0.3, 0.4) is 0 Å². The summed E-state index contributed by atoms with van der Waals surface area (Å²) in [5, 5.41) is 23.1. The van der Waals surface area contributed by atoms with E-state index >= 15 is 0 Å². The second-order valence-corrected chi connectivity index (χ2v) is 13.7. The Labute approximate surface area is 298 Å². The molecule has 12 heteroatoms. The van der Waals surface area contributed by atoms with E-state index in [0.717, 1.165) is 11.1 Å². The number of aromatic nitrogens is 2. The van der Waals surface area contributed by atoms with Crippen molar-refractivity contribution in [2.45, 2.75) is 59.1 Å². The van der Waals surface area contributed by atoms with E-state index < -0.39 is 17.1 Å². The van der Waals surface area contributed by atoms with E-state index in [1.54, 1.807) is 76.4 Å². The summed E-state index contributed by atoms with van der Waals surface area (Å²) >= 11 is 0. The van der Waals surface area contributed by atoms with Crippen molar-refractivity contribution >= 4 is 29.3 Å². The second-order valence-electron chi connectivity index (χ2n) is 13.7. The topological polar surface area (TPSA) is 154 Å². The summed E-state index contributed by atoms with van der Waals surface area (Å²) in [4.78, 5) is 39.3. The van der Waals surface area contributed by atoms with Crippen LogP contribution in [0.2, 0.25) is 0 Å². The fourth-order valence-corrected chi connectivity index (χ4v) is 6.15. The van der Waals surface area contributed by atoms with Crippen LogP contribution >= 0.6 is 0 Å². The van der Waals surface area contributed by atoms with Gasteiger partial charge in [-0.25, -0.2) is 14.8 Å². The Bertz CT molecular complexity index is 2080. The zero-order valence-electron chi connectivity index (χ0n) is 30.1. The van der Waals surface area contributed by atoms with Gasteiger partial charge in [-0.2, -0.15) is 10.5 Å². The molecule has 262 valence electrons. The summed E-state index contributed by atoms with van der Waals surface area (Å²) in [5.74, 6) is 1.33. The zero-order chi connectivity index (χ0) is 37.1. The summed E-state index contributed by atoms with van der Waals surface area (Å²) in [6.45, 7) is 11.3. The number of anilines is 3. The van der Waals surface area contributed by atoms with Crippen LogP contribution in [0.25, 0.3) is 11.3 Å². The van der Waals surface area contributed by atoms with Crippen LogP contribution in [0.15, 0.2) is 60.8 Å². The minimum atomic E-state index is -0.831. The van der Waals surface area contributed by atoms with Gasteiger partial charge in [-0.1, -0.05) is 13.0 Å². The first-order valence-corrected chi connectivity index (χ1v) is 16.4. The van der Waals surface area contributed by atoms with Crippen LogP contribution in [0, 0.1) is 29.6 Å². The van der Waals surface area contributed by atoms with Crippen LogP contribution in [-0.2, 0) is 21.5 Å². The first kappa shape index (κ1) is 36.1. The molecular weight excluding hydrogens is 646 g/mol. The van der Waals surface area contributed by atoms with Gasteiger partial charge in [0.1, 0.15) is 23.2 Å². The van der Waals surface area contributed by atoms with Gasteiger partial charge in [0.15, 0.2) is 0 Å². The average Bonchev–Trinajstić information content (AvgIpc) is 3.40. The maximum Gasteiger partial charge on any atom is 0.414 e. The third kappa shape index (κ3) is 7.86. The molecule has 2 amide bonds. The number of benzene rings is 3. The Morgan fingerprint density at radius 3 is 2.45 bits per heavy atom. The summed E-state index contributed by atoms with van der Waals surface area (Å²) in [6, 6.07) is 20.5. The van der Waals surface area contributed by atoms with Crippen LogP contribution in [-0.4, -0.2) is 59.8 Å². The van der Waals surface area contributed by atoms with Gasteiger partial charge in [0.25, 0.3) is 0 Å². The van der Waals surface area contributed by atoms with Gasteiger partial charge in [-0.05, 0) is 81.3 Å². The summed E-state index contributed by atoms with van der Waals surface area (Å²) < 4.78 is 16.8. The third-order valence-corrected chi connectivity index (χ3v) is 8.68. The highest BCUT2D eigenvalue weighted by molar-refractivity contribution is 5.95. The number of ether oxygens (including phenoxy) is 3. The number of hydrogen-bond acceptors (Lipinski definition) is 10. The molecule has 0 saturated carbocycles. The highest BCUT2D eigenvalue weighted by atomic mass is 16.6. The van der Waals surface area contributed by atoms with Gasteiger partial charge in [0, 0.05) is 61.1 Å². The van der Waals surface area contributed by atoms with Crippen molar-refractivity contribution in [1.29, 1.82) is 10.5 Å². The number of nitrogens with one attached hydrogen (secondary N) is 1. The van der Waals surface area contributed by atoms with Gasteiger partial charge in [0.05, 0.1) is 42.8 Å². The van der Waals surface area contributed by atoms with Gasteiger partial charge >= 0.3 is 6.09 Å². The maximum absolute atomic E-state index is 13.7. The molecule has 4 aromatic rings. The summed E-state index contributed by atoms with van der Waals surface area (Å²) in [5.41, 5.74) is 3.81. The Hall–Kier alpha value is -6.14. The highest BCUT2D eigenvalue weighted by Gasteiger charge is 2.46. The molecule has 0 radical (unpaired) electrons. The maximum atomic E-state index is 13.7. The Balaban J connectivity index is 1.59. The molecule has 3 aromatic carbocycles. The quantitative estimate of drug-likeness (QED) is 0.194. The molecule has 1 aromatic heterocycles. The number of carbonyl (C=O) groups is 2. The highest BCUT2D eigenvalue weighted by Crippen LogP contribution is 2.46. The molecule has 1 unspecified atom stereocenters. The summed E-state index contributed by atoms with van der Waals surface area (Å²) in [6.07, 6.45) is 1.02. The van der Waals surface area contributed by atoms with E-state index in [4.69, 9.17) is 19.2 Å². The van der Waals surface area contributed by atoms with E-state index in [1.807, 2.05) is 38.1 Å². The monoisotopic (exact) mass is 687 g/mol. The predicted octanol–water partition coefficient (Wildman–Crippen LogP) is 7.02. The van der Waals surface area contributed by atoms with E-state index in [-0.39, 0.29) is 31.1 Å². The van der Waals surface area contributed by atoms with E-state index in [0.29, 0.717) is 51.2 Å². The molecule has 0 fully saturated rings. The lowest BCUT2D eigenvalue weighted by Crippen LogP contribution is -2.45. The number of carbonyl (C=O) groups excluding carboxylic acids is 2. The molecule has 0 bridgehead atoms. The van der Waals surface area contributed by atoms with Crippen LogP contribution in [0.5, 0.6) is 11.5 Å². The van der Waals surface area contributed by atoms with Crippen molar-refractivity contribution in [3.05, 3.63) is 88.6 Å². The fourth-order valence-electron chi connectivity index (χ4n) is 6.15.